The first-order chi connectivity index (χ1) is 13.9. The average molecular weight is 472 g/mol. The van der Waals surface area contributed by atoms with E-state index in [4.69, 9.17) is 0 Å². The molecule has 1 aliphatic heterocycles. The second kappa shape index (κ2) is 7.93. The first-order valence-electron chi connectivity index (χ1n) is 10.4. The van der Waals surface area contributed by atoms with Crippen LogP contribution in [0.3, 0.4) is 0 Å². The molecule has 0 spiro atoms. The van der Waals surface area contributed by atoms with Gasteiger partial charge < -0.3 is 10.0 Å². The molecule has 0 aliphatic carbocycles. The van der Waals surface area contributed by atoms with Crippen molar-refractivity contribution in [3.63, 3.8) is 0 Å². The van der Waals surface area contributed by atoms with Crippen LogP contribution in [0.1, 0.15) is 73.1 Å². The van der Waals surface area contributed by atoms with E-state index >= 15 is 0 Å². The standard InChI is InChI=1S/C25H30BrNO3/c1-7-10-27-20-9-8-18(26)13-19(20)25(30,23(27)29)14-21(28)22-15(2)11-17(12-16(22)3)24(4,5)6/h8-9,11-13,30H,7,10,14H2,1-6H3/t25-/m0/s1. The number of ketones is 1. The van der Waals surface area contributed by atoms with Crippen molar-refractivity contribution >= 4 is 33.3 Å². The summed E-state index contributed by atoms with van der Waals surface area (Å²) in [5.41, 5.74) is 2.79. The molecule has 0 saturated carbocycles. The zero-order valence-corrected chi connectivity index (χ0v) is 20.2. The number of nitrogens with zero attached hydrogens (tertiary/aromatic N) is 1. The maximum atomic E-state index is 13.4. The number of anilines is 1. The van der Waals surface area contributed by atoms with E-state index in [1.54, 1.807) is 11.0 Å². The minimum Gasteiger partial charge on any atom is -0.375 e. The third-order valence-corrected chi connectivity index (χ3v) is 6.33. The second-order valence-corrected chi connectivity index (χ2v) is 10.2. The van der Waals surface area contributed by atoms with Crippen LogP contribution >= 0.6 is 15.9 Å². The fourth-order valence-corrected chi connectivity index (χ4v) is 4.66. The topological polar surface area (TPSA) is 57.6 Å². The SMILES string of the molecule is CCCN1C(=O)[C@](O)(CC(=O)c2c(C)cc(C(C)(C)C)cc2C)c2cc(Br)ccc21. The summed E-state index contributed by atoms with van der Waals surface area (Å²) >= 11 is 3.43. The summed E-state index contributed by atoms with van der Waals surface area (Å²) in [7, 11) is 0. The van der Waals surface area contributed by atoms with E-state index in [-0.39, 0.29) is 17.6 Å². The van der Waals surface area contributed by atoms with Crippen molar-refractivity contribution in [3.05, 3.63) is 62.6 Å². The zero-order chi connectivity index (χ0) is 22.4. The number of benzene rings is 2. The average Bonchev–Trinajstić information content (AvgIpc) is 2.82. The number of aryl methyl sites for hydroxylation is 2. The van der Waals surface area contributed by atoms with Gasteiger partial charge in [0.1, 0.15) is 0 Å². The summed E-state index contributed by atoms with van der Waals surface area (Å²) in [4.78, 5) is 28.2. The highest BCUT2D eigenvalue weighted by molar-refractivity contribution is 9.10. The Hall–Kier alpha value is -1.98. The van der Waals surface area contributed by atoms with Crippen LogP contribution in [0.15, 0.2) is 34.8 Å². The molecule has 0 bridgehead atoms. The van der Waals surface area contributed by atoms with Gasteiger partial charge in [0.25, 0.3) is 5.91 Å². The predicted molar refractivity (Wildman–Crippen MR) is 124 cm³/mol. The highest BCUT2D eigenvalue weighted by Crippen LogP contribution is 2.44. The van der Waals surface area contributed by atoms with Gasteiger partial charge in [-0.15, -0.1) is 0 Å². The number of carbonyl (C=O) groups is 2. The second-order valence-electron chi connectivity index (χ2n) is 9.31. The minimum atomic E-state index is -1.85. The number of rotatable bonds is 5. The van der Waals surface area contributed by atoms with Crippen LogP contribution < -0.4 is 4.90 Å². The molecular formula is C25H30BrNO3. The van der Waals surface area contributed by atoms with Gasteiger partial charge in [-0.1, -0.05) is 55.8 Å². The zero-order valence-electron chi connectivity index (χ0n) is 18.6. The fourth-order valence-electron chi connectivity index (χ4n) is 4.30. The Bertz CT molecular complexity index is 999. The number of amides is 1. The van der Waals surface area contributed by atoms with Gasteiger partial charge >= 0.3 is 0 Å². The third kappa shape index (κ3) is 3.85. The summed E-state index contributed by atoms with van der Waals surface area (Å²) in [6, 6.07) is 9.49. The molecule has 3 rings (SSSR count). The van der Waals surface area contributed by atoms with E-state index in [1.165, 1.54) is 0 Å². The van der Waals surface area contributed by atoms with E-state index in [9.17, 15) is 14.7 Å². The molecule has 1 atom stereocenters. The molecule has 4 nitrogen and oxygen atoms in total. The van der Waals surface area contributed by atoms with Crippen molar-refractivity contribution in [2.45, 2.75) is 65.4 Å². The van der Waals surface area contributed by atoms with Crippen molar-refractivity contribution in [1.29, 1.82) is 0 Å². The summed E-state index contributed by atoms with van der Waals surface area (Å²) in [5, 5.41) is 11.5. The highest BCUT2D eigenvalue weighted by Gasteiger charge is 2.51. The Morgan fingerprint density at radius 1 is 1.13 bits per heavy atom. The Labute approximate surface area is 187 Å². The monoisotopic (exact) mass is 471 g/mol. The lowest BCUT2D eigenvalue weighted by Gasteiger charge is -2.25. The number of carbonyl (C=O) groups excluding carboxylic acids is 2. The molecule has 0 saturated heterocycles. The number of fused-ring (bicyclic) bond motifs is 1. The molecular weight excluding hydrogens is 442 g/mol. The Kier molecular flexibility index (Phi) is 6.00. The first-order valence-corrected chi connectivity index (χ1v) is 11.2. The van der Waals surface area contributed by atoms with Gasteiger partial charge in [-0.3, -0.25) is 9.59 Å². The summed E-state index contributed by atoms with van der Waals surface area (Å²) in [6.45, 7) is 12.7. The third-order valence-electron chi connectivity index (χ3n) is 5.84. The van der Waals surface area contributed by atoms with Crippen molar-refractivity contribution in [2.24, 2.45) is 0 Å². The van der Waals surface area contributed by atoms with Crippen LogP contribution in [0.25, 0.3) is 0 Å². The molecule has 1 aliphatic rings. The number of hydrogen-bond donors (Lipinski definition) is 1. The van der Waals surface area contributed by atoms with Gasteiger partial charge in [0, 0.05) is 22.1 Å². The molecule has 30 heavy (non-hydrogen) atoms. The lowest BCUT2D eigenvalue weighted by atomic mass is 9.81. The molecule has 1 amide bonds. The van der Waals surface area contributed by atoms with Crippen LogP contribution in [-0.4, -0.2) is 23.3 Å². The molecule has 1 heterocycles. The Morgan fingerprint density at radius 3 is 2.27 bits per heavy atom. The number of hydrogen-bond acceptors (Lipinski definition) is 3. The molecule has 2 aromatic carbocycles. The smallest absolute Gasteiger partial charge is 0.264 e. The molecule has 0 fully saturated rings. The van der Waals surface area contributed by atoms with E-state index in [0.29, 0.717) is 23.4 Å². The van der Waals surface area contributed by atoms with Crippen LogP contribution in [0.2, 0.25) is 0 Å². The van der Waals surface area contributed by atoms with Gasteiger partial charge in [-0.2, -0.15) is 0 Å². The normalized spacial score (nSPS) is 18.7. The van der Waals surface area contributed by atoms with Crippen LogP contribution in [-0.2, 0) is 15.8 Å². The Balaban J connectivity index is 2.03. The molecule has 1 N–H and O–H groups in total. The largest absolute Gasteiger partial charge is 0.375 e. The minimum absolute atomic E-state index is 0.0252. The number of Topliss-reactive ketones (excluding diaryl/α,β-unsaturated/α-hetero) is 1. The highest BCUT2D eigenvalue weighted by atomic mass is 79.9. The van der Waals surface area contributed by atoms with Gasteiger partial charge in [-0.25, -0.2) is 0 Å². The molecule has 0 unspecified atom stereocenters. The van der Waals surface area contributed by atoms with Gasteiger partial charge in [0.05, 0.1) is 12.1 Å². The summed E-state index contributed by atoms with van der Waals surface area (Å²) < 4.78 is 0.764. The van der Waals surface area contributed by atoms with Crippen LogP contribution in [0.4, 0.5) is 5.69 Å². The maximum Gasteiger partial charge on any atom is 0.264 e. The van der Waals surface area contributed by atoms with Gasteiger partial charge in [0.15, 0.2) is 11.4 Å². The molecule has 2 aromatic rings. The maximum absolute atomic E-state index is 13.4. The van der Waals surface area contributed by atoms with Crippen LogP contribution in [0.5, 0.6) is 0 Å². The van der Waals surface area contributed by atoms with Crippen molar-refractivity contribution < 1.29 is 14.7 Å². The fraction of sp³-hybridized carbons (Fsp3) is 0.440. The lowest BCUT2D eigenvalue weighted by molar-refractivity contribution is -0.135. The van der Waals surface area contributed by atoms with Crippen LogP contribution in [0, 0.1) is 13.8 Å². The first kappa shape index (κ1) is 22.7. The quantitative estimate of drug-likeness (QED) is 0.578. The molecule has 0 aromatic heterocycles. The van der Waals surface area contributed by atoms with E-state index < -0.39 is 11.5 Å². The molecule has 5 heteroatoms. The van der Waals surface area contributed by atoms with E-state index in [1.807, 2.05) is 45.0 Å². The summed E-state index contributed by atoms with van der Waals surface area (Å²) in [6.07, 6.45) is 0.490. The molecule has 160 valence electrons. The van der Waals surface area contributed by atoms with E-state index in [0.717, 1.165) is 27.6 Å². The van der Waals surface area contributed by atoms with Gasteiger partial charge in [-0.05, 0) is 60.6 Å². The summed E-state index contributed by atoms with van der Waals surface area (Å²) in [5.74, 6) is -0.641. The van der Waals surface area contributed by atoms with Crippen molar-refractivity contribution in [1.82, 2.24) is 0 Å². The van der Waals surface area contributed by atoms with Crippen molar-refractivity contribution in [3.8, 4) is 0 Å². The van der Waals surface area contributed by atoms with E-state index in [2.05, 4.69) is 36.7 Å². The lowest BCUT2D eigenvalue weighted by Crippen LogP contribution is -2.42. The molecule has 0 radical (unpaired) electrons. The van der Waals surface area contributed by atoms with Gasteiger partial charge in [0.2, 0.25) is 0 Å². The van der Waals surface area contributed by atoms with Crippen molar-refractivity contribution in [2.75, 3.05) is 11.4 Å². The predicted octanol–water partition coefficient (Wildman–Crippen LogP) is 5.58. The Morgan fingerprint density at radius 2 is 1.73 bits per heavy atom. The number of halogens is 1. The number of aliphatic hydroxyl groups is 1.